The molecule has 0 aromatic carbocycles. The second-order valence-electron chi connectivity index (χ2n) is 12.6. The van der Waals surface area contributed by atoms with Crippen molar-refractivity contribution in [2.75, 3.05) is 0 Å². The molecule has 2 heterocycles. The van der Waals surface area contributed by atoms with Gasteiger partial charge in [-0.3, -0.25) is 0 Å². The van der Waals surface area contributed by atoms with Crippen molar-refractivity contribution in [1.82, 2.24) is 19.6 Å². The van der Waals surface area contributed by atoms with Crippen LogP contribution >= 0.6 is 19.4 Å². The molecule has 0 spiro atoms. The van der Waals surface area contributed by atoms with Gasteiger partial charge < -0.3 is 0 Å². The van der Waals surface area contributed by atoms with Crippen LogP contribution in [0.2, 0.25) is 0 Å². The Morgan fingerprint density at radius 3 is 0.811 bits per heavy atom. The third-order valence-corrected chi connectivity index (χ3v) is 18.0. The average molecular weight is 639 g/mol. The molecule has 4 aliphatic carbocycles. The van der Waals surface area contributed by atoms with E-state index in [0.29, 0.717) is 24.2 Å². The summed E-state index contributed by atoms with van der Waals surface area (Å²) in [6.45, 7) is 0. The van der Waals surface area contributed by atoms with Crippen LogP contribution in [-0.2, 0) is 12.8 Å². The van der Waals surface area contributed by atoms with Gasteiger partial charge in [0.1, 0.15) is 0 Å². The van der Waals surface area contributed by atoms with Crippen molar-refractivity contribution in [3.05, 3.63) is 24.8 Å². The van der Waals surface area contributed by atoms with Crippen LogP contribution in [0.1, 0.15) is 128 Å². The quantitative estimate of drug-likeness (QED) is 0.271. The summed E-state index contributed by atoms with van der Waals surface area (Å²) in [5.41, 5.74) is 0. The number of hydrogen-bond acceptors (Lipinski definition) is 4. The van der Waals surface area contributed by atoms with Gasteiger partial charge >= 0.3 is 239 Å². The summed E-state index contributed by atoms with van der Waals surface area (Å²) in [5.74, 6) is 0. The Kier molecular flexibility index (Phi) is 8.91. The molecule has 37 heavy (non-hydrogen) atoms. The molecule has 0 amide bonds. The molecular formula is C30H50Cl2N4Ru. The van der Waals surface area contributed by atoms with Crippen molar-refractivity contribution in [1.29, 1.82) is 0 Å². The number of rotatable bonds is 6. The third-order valence-electron chi connectivity index (χ3n) is 10.2. The first-order valence-electron chi connectivity index (χ1n) is 15.7. The van der Waals surface area contributed by atoms with Crippen molar-refractivity contribution in [2.45, 2.75) is 162 Å². The van der Waals surface area contributed by atoms with Crippen LogP contribution in [0.15, 0.2) is 24.8 Å². The van der Waals surface area contributed by atoms with Gasteiger partial charge in [-0.2, -0.15) is 0 Å². The molecule has 6 aliphatic rings. The van der Waals surface area contributed by atoms with Crippen LogP contribution in [0.5, 0.6) is 0 Å². The van der Waals surface area contributed by atoms with Crippen molar-refractivity contribution in [2.24, 2.45) is 0 Å². The summed E-state index contributed by atoms with van der Waals surface area (Å²) < 4.78 is 0.348. The Labute approximate surface area is 237 Å². The first-order chi connectivity index (χ1) is 18.1. The Morgan fingerprint density at radius 2 is 0.595 bits per heavy atom. The molecule has 7 heteroatoms. The summed E-state index contributed by atoms with van der Waals surface area (Å²) >= 11 is -3.35. The summed E-state index contributed by atoms with van der Waals surface area (Å²) in [4.78, 5) is 10.8. The fraction of sp³-hybridized carbons (Fsp3) is 0.867. The predicted octanol–water partition coefficient (Wildman–Crippen LogP) is 8.52. The zero-order chi connectivity index (χ0) is 25.2. The molecule has 4 nitrogen and oxygen atoms in total. The maximum atomic E-state index is 8.09. The number of halogens is 2. The maximum absolute atomic E-state index is 8.09. The van der Waals surface area contributed by atoms with Gasteiger partial charge in [-0.15, -0.1) is 0 Å². The standard InChI is InChI=1S/2C15H25N2.2ClH.Ru/c2*1-3-7-14(8-4-1)16-11-12-17(13-16)15-9-5-2-6-10-15;;;/h2*11-15H,1-10H2;2*1H;/q;;;;+2/p-2. The molecule has 0 atom stereocenters. The van der Waals surface area contributed by atoms with Gasteiger partial charge in [-0.05, 0) is 0 Å². The summed E-state index contributed by atoms with van der Waals surface area (Å²) in [5, 5.41) is 0. The van der Waals surface area contributed by atoms with Crippen molar-refractivity contribution < 1.29 is 12.8 Å². The summed E-state index contributed by atoms with van der Waals surface area (Å²) in [6, 6.07) is 2.40. The fourth-order valence-electron chi connectivity index (χ4n) is 8.23. The van der Waals surface area contributed by atoms with Crippen molar-refractivity contribution >= 4 is 19.4 Å². The van der Waals surface area contributed by atoms with Crippen LogP contribution in [0.25, 0.3) is 0 Å². The average Bonchev–Trinajstić information content (AvgIpc) is 3.62. The summed E-state index contributed by atoms with van der Waals surface area (Å²) in [6.07, 6.45) is 36.4. The molecule has 0 radical (unpaired) electrons. The zero-order valence-electron chi connectivity index (χ0n) is 22.8. The first-order valence-corrected chi connectivity index (χ1v) is 22.2. The van der Waals surface area contributed by atoms with E-state index >= 15 is 0 Å². The Hall–Kier alpha value is -0.117. The topological polar surface area (TPSA) is 13.0 Å². The van der Waals surface area contributed by atoms with Gasteiger partial charge in [-0.1, -0.05) is 0 Å². The van der Waals surface area contributed by atoms with Crippen LogP contribution in [0.3, 0.4) is 0 Å². The Balaban J connectivity index is 1.34. The monoisotopic (exact) mass is 638 g/mol. The van der Waals surface area contributed by atoms with Crippen molar-refractivity contribution in [3.63, 3.8) is 0 Å². The minimum atomic E-state index is -3.35. The molecular weight excluding hydrogens is 588 g/mol. The molecule has 2 aliphatic heterocycles. The first kappa shape index (κ1) is 27.1. The molecule has 6 rings (SSSR count). The predicted molar refractivity (Wildman–Crippen MR) is 152 cm³/mol. The molecule has 0 unspecified atom stereocenters. The number of hydrogen-bond donors (Lipinski definition) is 0. The van der Waals surface area contributed by atoms with E-state index in [9.17, 15) is 0 Å². The SMILES string of the molecule is [Cl][Ru]([Cl])([CH]1N(C2CCCCC2)C=CN1C1CCCCC1)[CH]1N(C2CCCCC2)C=CN1C1CCCCC1. The molecule has 0 bridgehead atoms. The Bertz CT molecular complexity index is 677. The van der Waals surface area contributed by atoms with E-state index in [1.807, 2.05) is 0 Å². The minimum absolute atomic E-state index is 0.174. The molecule has 4 fully saturated rings. The van der Waals surface area contributed by atoms with E-state index in [1.165, 1.54) is 128 Å². The van der Waals surface area contributed by atoms with Crippen LogP contribution in [-0.4, -0.2) is 53.3 Å². The Morgan fingerprint density at radius 1 is 0.378 bits per heavy atom. The second-order valence-corrected chi connectivity index (χ2v) is 22.8. The van der Waals surface area contributed by atoms with Gasteiger partial charge in [0.2, 0.25) is 0 Å². The fourth-order valence-corrected chi connectivity index (χ4v) is 17.3. The third kappa shape index (κ3) is 5.59. The van der Waals surface area contributed by atoms with E-state index in [-0.39, 0.29) is 9.52 Å². The molecule has 0 aromatic heterocycles. The van der Waals surface area contributed by atoms with Gasteiger partial charge in [0.25, 0.3) is 0 Å². The number of nitrogens with zero attached hydrogens (tertiary/aromatic N) is 4. The molecule has 212 valence electrons. The van der Waals surface area contributed by atoms with Crippen molar-refractivity contribution in [3.8, 4) is 0 Å². The normalized spacial score (nSPS) is 29.2. The van der Waals surface area contributed by atoms with Crippen LogP contribution < -0.4 is 0 Å². The molecule has 0 saturated heterocycles. The van der Waals surface area contributed by atoms with E-state index in [2.05, 4.69) is 44.4 Å². The molecule has 0 N–H and O–H groups in total. The van der Waals surface area contributed by atoms with Crippen LogP contribution in [0.4, 0.5) is 0 Å². The second kappa shape index (κ2) is 12.2. The van der Waals surface area contributed by atoms with E-state index in [0.717, 1.165) is 0 Å². The van der Waals surface area contributed by atoms with Gasteiger partial charge in [-0.25, -0.2) is 0 Å². The molecule has 0 aromatic rings. The van der Waals surface area contributed by atoms with Crippen LogP contribution in [0, 0.1) is 0 Å². The van der Waals surface area contributed by atoms with Gasteiger partial charge in [0, 0.05) is 0 Å². The van der Waals surface area contributed by atoms with E-state index in [4.69, 9.17) is 19.4 Å². The van der Waals surface area contributed by atoms with Gasteiger partial charge in [0.05, 0.1) is 0 Å². The van der Waals surface area contributed by atoms with E-state index < -0.39 is 12.8 Å². The summed E-state index contributed by atoms with van der Waals surface area (Å²) in [7, 11) is 16.2. The zero-order valence-corrected chi connectivity index (χ0v) is 26.1. The molecule has 4 saturated carbocycles. The van der Waals surface area contributed by atoms with Gasteiger partial charge in [0.15, 0.2) is 0 Å². The van der Waals surface area contributed by atoms with E-state index in [1.54, 1.807) is 0 Å².